The number of rotatable bonds is 1. The zero-order chi connectivity index (χ0) is 19.0. The minimum atomic E-state index is -0.650. The molecule has 148 valence electrons. The number of ketones is 1. The molecule has 4 saturated carbocycles. The van der Waals surface area contributed by atoms with E-state index in [1.165, 1.54) is 0 Å². The van der Waals surface area contributed by atoms with Gasteiger partial charge in [0.1, 0.15) is 12.4 Å². The summed E-state index contributed by atoms with van der Waals surface area (Å²) in [6, 6.07) is 0. The molecule has 0 saturated heterocycles. The Hall–Kier alpha value is -1.16. The molecule has 0 aromatic heterocycles. The van der Waals surface area contributed by atoms with Crippen molar-refractivity contribution >= 4 is 11.8 Å². The van der Waals surface area contributed by atoms with Crippen molar-refractivity contribution in [1.82, 2.24) is 0 Å². The van der Waals surface area contributed by atoms with Crippen molar-refractivity contribution in [3.05, 3.63) is 11.6 Å². The summed E-state index contributed by atoms with van der Waals surface area (Å²) < 4.78 is 5.19. The van der Waals surface area contributed by atoms with Crippen LogP contribution in [0.15, 0.2) is 11.6 Å². The number of hydrogen-bond acceptors (Lipinski definition) is 4. The Morgan fingerprint density at radius 3 is 2.59 bits per heavy atom. The largest absolute Gasteiger partial charge is 0.458 e. The van der Waals surface area contributed by atoms with Crippen molar-refractivity contribution in [2.75, 3.05) is 6.61 Å². The van der Waals surface area contributed by atoms with Gasteiger partial charge in [-0.1, -0.05) is 13.8 Å². The lowest BCUT2D eigenvalue weighted by Gasteiger charge is -2.63. The third kappa shape index (κ3) is 2.25. The fourth-order valence-electron chi connectivity index (χ4n) is 8.20. The number of fused-ring (bicyclic) bond motifs is 5. The average molecular weight is 373 g/mol. The van der Waals surface area contributed by atoms with Crippen LogP contribution in [0.1, 0.15) is 71.6 Å². The Balaban J connectivity index is 1.48. The van der Waals surface area contributed by atoms with Crippen molar-refractivity contribution < 1.29 is 19.4 Å². The lowest BCUT2D eigenvalue weighted by Crippen LogP contribution is -2.62. The van der Waals surface area contributed by atoms with Crippen LogP contribution in [-0.2, 0) is 14.3 Å². The lowest BCUT2D eigenvalue weighted by atomic mass is 9.43. The molecule has 0 aromatic rings. The predicted octanol–water partition coefficient (Wildman–Crippen LogP) is 3.81. The highest BCUT2D eigenvalue weighted by atomic mass is 16.5. The van der Waals surface area contributed by atoms with E-state index in [1.807, 2.05) is 0 Å². The topological polar surface area (TPSA) is 63.6 Å². The molecule has 27 heavy (non-hydrogen) atoms. The Bertz CT molecular complexity index is 726. The second-order valence-corrected chi connectivity index (χ2v) is 10.5. The number of carbonyl (C=O) groups is 2. The van der Waals surface area contributed by atoms with Crippen LogP contribution in [0.3, 0.4) is 0 Å². The maximum Gasteiger partial charge on any atom is 0.331 e. The van der Waals surface area contributed by atoms with E-state index in [-0.39, 0.29) is 22.7 Å². The first-order chi connectivity index (χ1) is 12.8. The zero-order valence-corrected chi connectivity index (χ0v) is 16.6. The van der Waals surface area contributed by atoms with Gasteiger partial charge in [0.05, 0.1) is 5.60 Å². The summed E-state index contributed by atoms with van der Waals surface area (Å²) in [7, 11) is 0. The maximum absolute atomic E-state index is 12.1. The molecule has 4 nitrogen and oxygen atoms in total. The molecule has 0 bridgehead atoms. The summed E-state index contributed by atoms with van der Waals surface area (Å²) in [5.41, 5.74) is 0.488. The van der Waals surface area contributed by atoms with Crippen molar-refractivity contribution in [3.63, 3.8) is 0 Å². The first-order valence-electron chi connectivity index (χ1n) is 10.9. The van der Waals surface area contributed by atoms with Crippen LogP contribution in [0.5, 0.6) is 0 Å². The summed E-state index contributed by atoms with van der Waals surface area (Å²) >= 11 is 0. The van der Waals surface area contributed by atoms with E-state index in [9.17, 15) is 14.7 Å². The van der Waals surface area contributed by atoms with Gasteiger partial charge in [-0.15, -0.1) is 0 Å². The maximum atomic E-state index is 12.1. The highest BCUT2D eigenvalue weighted by Gasteiger charge is 2.67. The van der Waals surface area contributed by atoms with Crippen molar-refractivity contribution in [1.29, 1.82) is 0 Å². The molecule has 0 aromatic carbocycles. The minimum absolute atomic E-state index is 0.165. The Kier molecular flexibility index (Phi) is 3.77. The van der Waals surface area contributed by atoms with E-state index in [0.717, 1.165) is 63.4 Å². The van der Waals surface area contributed by atoms with Gasteiger partial charge in [-0.05, 0) is 79.6 Å². The van der Waals surface area contributed by atoms with E-state index in [4.69, 9.17) is 4.74 Å². The molecule has 1 aliphatic heterocycles. The predicted molar refractivity (Wildman–Crippen MR) is 101 cm³/mol. The summed E-state index contributed by atoms with van der Waals surface area (Å²) in [5, 5.41) is 12.1. The molecule has 5 aliphatic rings. The van der Waals surface area contributed by atoms with Gasteiger partial charge >= 0.3 is 5.97 Å². The fraction of sp³-hybridized carbons (Fsp3) is 0.826. The van der Waals surface area contributed by atoms with Crippen LogP contribution < -0.4 is 0 Å². The van der Waals surface area contributed by atoms with Gasteiger partial charge in [0.2, 0.25) is 0 Å². The average Bonchev–Trinajstić information content (AvgIpc) is 3.16. The van der Waals surface area contributed by atoms with E-state index in [0.29, 0.717) is 30.1 Å². The van der Waals surface area contributed by atoms with Gasteiger partial charge in [0, 0.05) is 24.3 Å². The zero-order valence-electron chi connectivity index (χ0n) is 16.6. The molecule has 1 heterocycles. The number of ether oxygens (including phenoxy) is 1. The van der Waals surface area contributed by atoms with E-state index >= 15 is 0 Å². The van der Waals surface area contributed by atoms with Crippen LogP contribution in [0.25, 0.3) is 0 Å². The molecule has 0 radical (unpaired) electrons. The molecule has 7 atom stereocenters. The fourth-order valence-corrected chi connectivity index (χ4v) is 8.20. The molecular weight excluding hydrogens is 340 g/mol. The second-order valence-electron chi connectivity index (χ2n) is 10.5. The van der Waals surface area contributed by atoms with Crippen LogP contribution in [0.4, 0.5) is 0 Å². The van der Waals surface area contributed by atoms with Crippen LogP contribution in [-0.4, -0.2) is 29.1 Å². The molecule has 4 aliphatic carbocycles. The summed E-state index contributed by atoms with van der Waals surface area (Å²) in [6.07, 6.45) is 10.2. The van der Waals surface area contributed by atoms with Crippen LogP contribution >= 0.6 is 0 Å². The molecule has 0 unspecified atom stereocenters. The van der Waals surface area contributed by atoms with Crippen LogP contribution in [0, 0.1) is 34.5 Å². The first-order valence-corrected chi connectivity index (χ1v) is 10.9. The quantitative estimate of drug-likeness (QED) is 0.711. The molecular formula is C23H32O4. The van der Waals surface area contributed by atoms with Crippen molar-refractivity contribution in [2.24, 2.45) is 34.5 Å². The van der Waals surface area contributed by atoms with Gasteiger partial charge < -0.3 is 9.84 Å². The smallest absolute Gasteiger partial charge is 0.331 e. The van der Waals surface area contributed by atoms with Gasteiger partial charge in [-0.2, -0.15) is 0 Å². The van der Waals surface area contributed by atoms with E-state index in [1.54, 1.807) is 6.08 Å². The Morgan fingerprint density at radius 2 is 1.85 bits per heavy atom. The second kappa shape index (κ2) is 5.68. The van der Waals surface area contributed by atoms with Gasteiger partial charge in [0.15, 0.2) is 0 Å². The van der Waals surface area contributed by atoms with Gasteiger partial charge in [-0.25, -0.2) is 4.79 Å². The molecule has 0 amide bonds. The number of Topliss-reactive ketones (excluding diaryl/α,β-unsaturated/α-hetero) is 1. The minimum Gasteiger partial charge on any atom is -0.458 e. The highest BCUT2D eigenvalue weighted by molar-refractivity contribution is 5.85. The molecule has 5 rings (SSSR count). The number of aliphatic hydroxyl groups is 1. The normalized spacial score (nSPS) is 51.9. The SMILES string of the molecule is C[C@]12CCC(=O)C[C@@H]1CC[C@@H]1[C@H]2CC[C@]2(C)[C@@H](C3=CC(=O)OC3)CC[C@]12O. The summed E-state index contributed by atoms with van der Waals surface area (Å²) in [4.78, 5) is 23.7. The summed E-state index contributed by atoms with van der Waals surface area (Å²) in [6.45, 7) is 5.08. The first kappa shape index (κ1) is 17.9. The van der Waals surface area contributed by atoms with E-state index in [2.05, 4.69) is 13.8 Å². The van der Waals surface area contributed by atoms with Crippen LogP contribution in [0.2, 0.25) is 0 Å². The number of esters is 1. The highest BCUT2D eigenvalue weighted by Crippen LogP contribution is 2.69. The molecule has 4 heteroatoms. The summed E-state index contributed by atoms with van der Waals surface area (Å²) in [5.74, 6) is 1.83. The Morgan fingerprint density at radius 1 is 1.04 bits per heavy atom. The Labute approximate surface area is 161 Å². The molecule has 0 spiro atoms. The standard InChI is InChI=1S/C23H32O4/c1-21-8-5-16(24)12-15(21)3-4-19-18(21)6-9-22(2)17(7-10-23(19,22)26)14-11-20(25)27-13-14/h11,15,17-19,26H,3-10,12-13H2,1-2H3/t15-,17+,18+,19+,21-,22+,23-/m0/s1. The third-order valence-corrected chi connectivity index (χ3v) is 9.80. The molecule has 1 N–H and O–H groups in total. The third-order valence-electron chi connectivity index (χ3n) is 9.80. The number of cyclic esters (lactones) is 1. The van der Waals surface area contributed by atoms with Gasteiger partial charge in [0.25, 0.3) is 0 Å². The number of carbonyl (C=O) groups excluding carboxylic acids is 2. The van der Waals surface area contributed by atoms with Crippen molar-refractivity contribution in [2.45, 2.75) is 77.2 Å². The van der Waals surface area contributed by atoms with Gasteiger partial charge in [-0.3, -0.25) is 4.79 Å². The monoisotopic (exact) mass is 372 g/mol. The number of hydrogen-bond donors (Lipinski definition) is 1. The van der Waals surface area contributed by atoms with E-state index < -0.39 is 5.60 Å². The lowest BCUT2D eigenvalue weighted by molar-refractivity contribution is -0.203. The molecule has 4 fully saturated rings. The van der Waals surface area contributed by atoms with Crippen molar-refractivity contribution in [3.8, 4) is 0 Å².